The maximum atomic E-state index is 15.5. The van der Waals surface area contributed by atoms with Crippen molar-refractivity contribution < 1.29 is 19.0 Å². The van der Waals surface area contributed by atoms with E-state index in [0.717, 1.165) is 37.0 Å². The van der Waals surface area contributed by atoms with Crippen LogP contribution < -0.4 is 15.5 Å². The Kier molecular flexibility index (Phi) is 6.04. The molecule has 1 unspecified atom stereocenters. The van der Waals surface area contributed by atoms with E-state index in [9.17, 15) is 14.7 Å². The molecule has 0 radical (unpaired) electrons. The summed E-state index contributed by atoms with van der Waals surface area (Å²) in [6.45, 7) is 0. The summed E-state index contributed by atoms with van der Waals surface area (Å²) in [5.41, 5.74) is 0.950. The number of pyridine rings is 1. The zero-order chi connectivity index (χ0) is 21.9. The van der Waals surface area contributed by atoms with E-state index < -0.39 is 17.2 Å². The first-order chi connectivity index (χ1) is 14.9. The summed E-state index contributed by atoms with van der Waals surface area (Å²) in [5.74, 6) is -1.60. The van der Waals surface area contributed by atoms with Gasteiger partial charge in [0, 0.05) is 28.0 Å². The summed E-state index contributed by atoms with van der Waals surface area (Å²) < 4.78 is 23.0. The number of hydrogen-bond acceptors (Lipinski definition) is 5. The van der Waals surface area contributed by atoms with Crippen LogP contribution in [-0.2, 0) is 6.42 Å². The molecule has 2 aromatic heterocycles. The second-order valence-corrected chi connectivity index (χ2v) is 9.34. The van der Waals surface area contributed by atoms with Crippen LogP contribution in [-0.4, -0.2) is 29.8 Å². The monoisotopic (exact) mass is 478 g/mol. The number of carboxylic acids is 1. The van der Waals surface area contributed by atoms with Crippen LogP contribution in [0, 0.1) is 5.82 Å². The molecule has 2 N–H and O–H groups in total. The van der Waals surface area contributed by atoms with Gasteiger partial charge in [0.25, 0.3) is 0 Å². The van der Waals surface area contributed by atoms with E-state index >= 15 is 4.39 Å². The number of carbonyl (C=O) groups is 1. The number of carboxylic acid groups (broad SMARTS) is 1. The largest absolute Gasteiger partial charge is 0.494 e. The molecular formula is C23H24ClFN2O4S. The summed E-state index contributed by atoms with van der Waals surface area (Å²) in [4.78, 5) is 26.5. The Balaban J connectivity index is 0.00000245. The normalized spacial score (nSPS) is 17.7. The lowest BCUT2D eigenvalue weighted by Gasteiger charge is -2.21. The molecule has 3 aromatic rings. The molecule has 1 aromatic carbocycles. The minimum Gasteiger partial charge on any atom is -0.494 e. The highest BCUT2D eigenvalue weighted by atomic mass is 35.5. The van der Waals surface area contributed by atoms with Crippen molar-refractivity contribution in [3.63, 3.8) is 0 Å². The molecule has 170 valence electrons. The number of nitrogens with zero attached hydrogens (tertiary/aromatic N) is 1. The van der Waals surface area contributed by atoms with Crippen LogP contribution in [0.3, 0.4) is 0 Å². The van der Waals surface area contributed by atoms with Gasteiger partial charge in [0.1, 0.15) is 11.4 Å². The number of halogens is 2. The first kappa shape index (κ1) is 22.8. The molecule has 1 fully saturated rings. The molecule has 1 atom stereocenters. The number of aromatic carboxylic acids is 1. The Morgan fingerprint density at radius 3 is 2.69 bits per heavy atom. The third-order valence-electron chi connectivity index (χ3n) is 6.31. The van der Waals surface area contributed by atoms with E-state index in [1.165, 1.54) is 29.8 Å². The molecule has 2 aliphatic carbocycles. The number of ether oxygens (including phenoxy) is 1. The van der Waals surface area contributed by atoms with E-state index in [1.54, 1.807) is 15.9 Å². The van der Waals surface area contributed by atoms with Crippen LogP contribution in [0.2, 0.25) is 0 Å². The second-order valence-electron chi connectivity index (χ2n) is 8.20. The molecule has 9 heteroatoms. The zero-order valence-corrected chi connectivity index (χ0v) is 19.4. The summed E-state index contributed by atoms with van der Waals surface area (Å²) in [6.07, 6.45) is 6.22. The molecule has 0 amide bonds. The first-order valence-electron chi connectivity index (χ1n) is 10.4. The predicted octanol–water partition coefficient (Wildman–Crippen LogP) is 4.93. The zero-order valence-electron chi connectivity index (χ0n) is 17.7. The van der Waals surface area contributed by atoms with Gasteiger partial charge < -0.3 is 19.7 Å². The number of thiophene rings is 1. The van der Waals surface area contributed by atoms with Crippen LogP contribution in [0.15, 0.2) is 23.1 Å². The maximum absolute atomic E-state index is 15.5. The summed E-state index contributed by atoms with van der Waals surface area (Å²) in [7, 11) is 3.40. The van der Waals surface area contributed by atoms with Gasteiger partial charge in [-0.25, -0.2) is 9.18 Å². The lowest BCUT2D eigenvalue weighted by molar-refractivity contribution is 0.0695. The standard InChI is InChI=1S/C23H23FN2O4S.ClH/c1-25-16-4-3-5-17-12(16)9-18(31-17)19-15(24)8-13-20(22(19)30-2)26(11-6-7-11)10-14(21(13)27)23(28)29;/h8-11,16,25H,3-7H2,1-2H3,(H,28,29);1H. The predicted molar refractivity (Wildman–Crippen MR) is 125 cm³/mol. The van der Waals surface area contributed by atoms with Crippen LogP contribution in [0.5, 0.6) is 5.75 Å². The van der Waals surface area contributed by atoms with Gasteiger partial charge in [0.05, 0.1) is 23.6 Å². The Hall–Kier alpha value is -2.42. The third-order valence-corrected chi connectivity index (χ3v) is 7.53. The van der Waals surface area contributed by atoms with Crippen LogP contribution in [0.25, 0.3) is 21.3 Å². The van der Waals surface area contributed by atoms with Gasteiger partial charge in [-0.3, -0.25) is 4.79 Å². The molecule has 1 saturated carbocycles. The van der Waals surface area contributed by atoms with Crippen molar-refractivity contribution in [3.8, 4) is 16.2 Å². The molecule has 6 nitrogen and oxygen atoms in total. The van der Waals surface area contributed by atoms with Crippen molar-refractivity contribution in [1.29, 1.82) is 0 Å². The van der Waals surface area contributed by atoms with Crippen LogP contribution >= 0.6 is 23.7 Å². The van der Waals surface area contributed by atoms with Crippen molar-refractivity contribution in [2.24, 2.45) is 0 Å². The van der Waals surface area contributed by atoms with E-state index in [0.29, 0.717) is 11.1 Å². The minimum atomic E-state index is -1.31. The van der Waals surface area contributed by atoms with Gasteiger partial charge in [0.15, 0.2) is 5.75 Å². The average Bonchev–Trinajstić information content (AvgIpc) is 3.50. The number of aryl methyl sites for hydroxylation is 1. The molecule has 32 heavy (non-hydrogen) atoms. The van der Waals surface area contributed by atoms with Crippen LogP contribution in [0.4, 0.5) is 4.39 Å². The quantitative estimate of drug-likeness (QED) is 0.543. The lowest BCUT2D eigenvalue weighted by atomic mass is 9.93. The molecule has 0 spiro atoms. The number of aromatic nitrogens is 1. The molecule has 0 aliphatic heterocycles. The number of rotatable bonds is 5. The number of methoxy groups -OCH3 is 1. The first-order valence-corrected chi connectivity index (χ1v) is 11.2. The summed E-state index contributed by atoms with van der Waals surface area (Å²) in [5, 5.41) is 12.9. The van der Waals surface area contributed by atoms with Gasteiger partial charge in [0.2, 0.25) is 5.43 Å². The number of fused-ring (bicyclic) bond motifs is 2. The van der Waals surface area contributed by atoms with Gasteiger partial charge in [-0.05, 0) is 56.8 Å². The van der Waals surface area contributed by atoms with E-state index in [1.807, 2.05) is 13.1 Å². The van der Waals surface area contributed by atoms with Gasteiger partial charge in [-0.15, -0.1) is 23.7 Å². The fraction of sp³-hybridized carbons (Fsp3) is 0.391. The highest BCUT2D eigenvalue weighted by Gasteiger charge is 2.31. The van der Waals surface area contributed by atoms with Gasteiger partial charge in [-0.2, -0.15) is 0 Å². The summed E-state index contributed by atoms with van der Waals surface area (Å²) in [6, 6.07) is 3.53. The maximum Gasteiger partial charge on any atom is 0.341 e. The Labute approximate surface area is 194 Å². The molecule has 5 rings (SSSR count). The highest BCUT2D eigenvalue weighted by Crippen LogP contribution is 2.47. The van der Waals surface area contributed by atoms with Crippen molar-refractivity contribution in [1.82, 2.24) is 9.88 Å². The smallest absolute Gasteiger partial charge is 0.341 e. The minimum absolute atomic E-state index is 0. The fourth-order valence-corrected chi connectivity index (χ4v) is 5.96. The SMILES string of the molecule is CNC1CCCc2sc(-c3c(F)cc4c(=O)c(C(=O)O)cn(C5CC5)c4c3OC)cc21.Cl. The van der Waals surface area contributed by atoms with Crippen molar-refractivity contribution in [2.75, 3.05) is 14.2 Å². The molecule has 0 bridgehead atoms. The Morgan fingerprint density at radius 1 is 1.31 bits per heavy atom. The van der Waals surface area contributed by atoms with Crippen molar-refractivity contribution in [2.45, 2.75) is 44.2 Å². The average molecular weight is 479 g/mol. The highest BCUT2D eigenvalue weighted by molar-refractivity contribution is 7.15. The molecule has 0 saturated heterocycles. The Morgan fingerprint density at radius 2 is 2.06 bits per heavy atom. The summed E-state index contributed by atoms with van der Waals surface area (Å²) >= 11 is 1.56. The molecular weight excluding hydrogens is 455 g/mol. The van der Waals surface area contributed by atoms with E-state index in [2.05, 4.69) is 5.32 Å². The topological polar surface area (TPSA) is 80.6 Å². The van der Waals surface area contributed by atoms with Gasteiger partial charge in [-0.1, -0.05) is 0 Å². The van der Waals surface area contributed by atoms with Crippen molar-refractivity contribution >= 4 is 40.6 Å². The number of hydrogen-bond donors (Lipinski definition) is 2. The molecule has 2 aliphatic rings. The molecule has 2 heterocycles. The third kappa shape index (κ3) is 3.50. The number of nitrogens with one attached hydrogen (secondary N) is 1. The lowest BCUT2D eigenvalue weighted by Crippen LogP contribution is -2.20. The second kappa shape index (κ2) is 8.50. The van der Waals surface area contributed by atoms with E-state index in [4.69, 9.17) is 4.74 Å². The van der Waals surface area contributed by atoms with Gasteiger partial charge >= 0.3 is 5.97 Å². The Bertz CT molecular complexity index is 1280. The van der Waals surface area contributed by atoms with E-state index in [-0.39, 0.29) is 41.2 Å². The fourth-order valence-electron chi connectivity index (χ4n) is 4.65. The van der Waals surface area contributed by atoms with Crippen molar-refractivity contribution in [3.05, 3.63) is 50.4 Å². The van der Waals surface area contributed by atoms with Crippen LogP contribution in [0.1, 0.15) is 58.6 Å². The number of benzene rings is 1.